The summed E-state index contributed by atoms with van der Waals surface area (Å²) in [4.78, 5) is 51.6. The molecule has 8 nitrogen and oxygen atoms in total. The van der Waals surface area contributed by atoms with Gasteiger partial charge in [0.25, 0.3) is 5.56 Å². The maximum absolute atomic E-state index is 12.9. The second-order valence-corrected chi connectivity index (χ2v) is 6.91. The highest BCUT2D eigenvalue weighted by Gasteiger charge is 2.17. The number of carboxylic acid groups (broad SMARTS) is 1. The summed E-state index contributed by atoms with van der Waals surface area (Å²) >= 11 is 0. The molecule has 0 bridgehead atoms. The number of aromatic nitrogens is 2. The van der Waals surface area contributed by atoms with Gasteiger partial charge in [-0.1, -0.05) is 0 Å². The van der Waals surface area contributed by atoms with Gasteiger partial charge in [0.2, 0.25) is 0 Å². The molecule has 0 atom stereocenters. The second kappa shape index (κ2) is 8.36. The van der Waals surface area contributed by atoms with Crippen LogP contribution >= 0.6 is 0 Å². The van der Waals surface area contributed by atoms with Crippen LogP contribution in [0, 0.1) is 0 Å². The summed E-state index contributed by atoms with van der Waals surface area (Å²) in [5.41, 5.74) is 0.286. The molecule has 0 unspecified atom stereocenters. The zero-order chi connectivity index (χ0) is 22.0. The number of carboxylic acids is 1. The smallest absolute Gasteiger partial charge is 0.335 e. The first-order valence-electron chi connectivity index (χ1n) is 9.63. The zero-order valence-electron chi connectivity index (χ0n) is 17.1. The Morgan fingerprint density at radius 1 is 0.967 bits per heavy atom. The van der Waals surface area contributed by atoms with Gasteiger partial charge in [-0.3, -0.25) is 18.7 Å². The lowest BCUT2D eigenvalue weighted by Crippen LogP contribution is -2.40. The Hall–Kier alpha value is -3.68. The van der Waals surface area contributed by atoms with Crippen molar-refractivity contribution < 1.29 is 14.7 Å². The van der Waals surface area contributed by atoms with E-state index in [9.17, 15) is 24.3 Å². The van der Waals surface area contributed by atoms with Crippen LogP contribution in [0.1, 0.15) is 34.6 Å². The number of fused-ring (bicyclic) bond motifs is 1. The first-order valence-corrected chi connectivity index (χ1v) is 9.63. The number of nitrogens with zero attached hydrogens (tertiary/aromatic N) is 3. The lowest BCUT2D eigenvalue weighted by molar-refractivity contribution is 0.0696. The number of ketones is 1. The van der Waals surface area contributed by atoms with Gasteiger partial charge in [0, 0.05) is 31.4 Å². The van der Waals surface area contributed by atoms with E-state index in [-0.39, 0.29) is 16.7 Å². The van der Waals surface area contributed by atoms with Gasteiger partial charge in [-0.25, -0.2) is 9.59 Å². The minimum Gasteiger partial charge on any atom is -0.478 e. The number of Topliss-reactive ketones (excluding diaryl/α,β-unsaturated/α-hetero) is 1. The molecule has 2 aromatic carbocycles. The summed E-state index contributed by atoms with van der Waals surface area (Å²) in [6, 6.07) is 11.0. The number of rotatable bonds is 7. The van der Waals surface area contributed by atoms with Crippen molar-refractivity contribution in [2.75, 3.05) is 18.0 Å². The minimum absolute atomic E-state index is 0.0666. The molecule has 0 fully saturated rings. The molecule has 0 aliphatic heterocycles. The minimum atomic E-state index is -1.18. The van der Waals surface area contributed by atoms with Crippen LogP contribution in [-0.2, 0) is 13.6 Å². The molecule has 8 heteroatoms. The Labute approximate surface area is 172 Å². The molecule has 1 N–H and O–H groups in total. The van der Waals surface area contributed by atoms with Crippen molar-refractivity contribution in [3.8, 4) is 0 Å². The SMILES string of the molecule is CCN(CC)c1ccc(C(=O)Cn2c(=O)c3cc(C(=O)O)ccc3n(C)c2=O)cc1. The van der Waals surface area contributed by atoms with E-state index >= 15 is 0 Å². The van der Waals surface area contributed by atoms with Crippen LogP contribution in [-0.4, -0.2) is 39.1 Å². The Kier molecular flexibility index (Phi) is 5.86. The molecule has 0 saturated carbocycles. The largest absolute Gasteiger partial charge is 0.478 e. The van der Waals surface area contributed by atoms with E-state index in [1.54, 1.807) is 12.1 Å². The highest BCUT2D eigenvalue weighted by molar-refractivity contribution is 5.96. The predicted molar refractivity (Wildman–Crippen MR) is 115 cm³/mol. The number of hydrogen-bond acceptors (Lipinski definition) is 5. The number of anilines is 1. The number of aryl methyl sites for hydroxylation is 1. The monoisotopic (exact) mass is 409 g/mol. The zero-order valence-corrected chi connectivity index (χ0v) is 17.1. The fourth-order valence-electron chi connectivity index (χ4n) is 3.47. The van der Waals surface area contributed by atoms with Crippen LogP contribution in [0.15, 0.2) is 52.1 Å². The van der Waals surface area contributed by atoms with E-state index < -0.39 is 23.8 Å². The maximum atomic E-state index is 12.9. The number of benzene rings is 2. The van der Waals surface area contributed by atoms with E-state index in [4.69, 9.17) is 0 Å². The summed E-state index contributed by atoms with van der Waals surface area (Å²) in [6.45, 7) is 5.33. The van der Waals surface area contributed by atoms with Gasteiger partial charge in [-0.2, -0.15) is 0 Å². The summed E-state index contributed by atoms with van der Waals surface area (Å²) in [6.07, 6.45) is 0. The Morgan fingerprint density at radius 3 is 2.13 bits per heavy atom. The van der Waals surface area contributed by atoms with Crippen molar-refractivity contribution in [1.82, 2.24) is 9.13 Å². The maximum Gasteiger partial charge on any atom is 0.335 e. The normalized spacial score (nSPS) is 10.9. The van der Waals surface area contributed by atoms with Gasteiger partial charge in [0.1, 0.15) is 0 Å². The molecule has 0 spiro atoms. The van der Waals surface area contributed by atoms with Crippen molar-refractivity contribution in [2.45, 2.75) is 20.4 Å². The fourth-order valence-corrected chi connectivity index (χ4v) is 3.47. The highest BCUT2D eigenvalue weighted by atomic mass is 16.4. The third-order valence-corrected chi connectivity index (χ3v) is 5.22. The lowest BCUT2D eigenvalue weighted by atomic mass is 10.1. The van der Waals surface area contributed by atoms with E-state index in [2.05, 4.69) is 4.90 Å². The van der Waals surface area contributed by atoms with Crippen LogP contribution in [0.4, 0.5) is 5.69 Å². The molecule has 156 valence electrons. The van der Waals surface area contributed by atoms with Crippen molar-refractivity contribution in [2.24, 2.45) is 7.05 Å². The molecule has 0 amide bonds. The standard InChI is InChI=1S/C22H23N3O5/c1-4-24(5-2)16-9-6-14(7-10-16)19(26)13-25-20(27)17-12-15(21(28)29)8-11-18(17)23(3)22(25)30/h6-12H,4-5,13H2,1-3H3,(H,28,29). The van der Waals surface area contributed by atoms with Crippen LogP contribution in [0.5, 0.6) is 0 Å². The van der Waals surface area contributed by atoms with Gasteiger partial charge in [-0.05, 0) is 56.3 Å². The molecule has 30 heavy (non-hydrogen) atoms. The van der Waals surface area contributed by atoms with Crippen molar-refractivity contribution >= 4 is 28.3 Å². The fraction of sp³-hybridized carbons (Fsp3) is 0.273. The van der Waals surface area contributed by atoms with Crippen LogP contribution in [0.2, 0.25) is 0 Å². The number of aromatic carboxylic acids is 1. The Bertz CT molecular complexity index is 1230. The third kappa shape index (κ3) is 3.76. The molecule has 0 saturated heterocycles. The predicted octanol–water partition coefficient (Wildman–Crippen LogP) is 2.13. The Morgan fingerprint density at radius 2 is 1.57 bits per heavy atom. The van der Waals surface area contributed by atoms with E-state index in [0.29, 0.717) is 11.1 Å². The molecule has 0 aliphatic rings. The summed E-state index contributed by atoms with van der Waals surface area (Å²) in [5.74, 6) is -1.56. The average Bonchev–Trinajstić information content (AvgIpc) is 2.76. The van der Waals surface area contributed by atoms with Gasteiger partial charge in [0.05, 0.1) is 23.0 Å². The number of carbonyl (C=O) groups excluding carboxylic acids is 1. The second-order valence-electron chi connectivity index (χ2n) is 6.91. The van der Waals surface area contributed by atoms with Crippen molar-refractivity contribution in [1.29, 1.82) is 0 Å². The van der Waals surface area contributed by atoms with Crippen LogP contribution in [0.3, 0.4) is 0 Å². The lowest BCUT2D eigenvalue weighted by Gasteiger charge is -2.21. The summed E-state index contributed by atoms with van der Waals surface area (Å²) in [7, 11) is 1.48. The van der Waals surface area contributed by atoms with Crippen LogP contribution < -0.4 is 16.1 Å². The molecule has 1 aromatic heterocycles. The molecule has 3 rings (SSSR count). The van der Waals surface area contributed by atoms with Crippen LogP contribution in [0.25, 0.3) is 10.9 Å². The quantitative estimate of drug-likeness (QED) is 0.600. The van der Waals surface area contributed by atoms with E-state index in [1.807, 2.05) is 26.0 Å². The van der Waals surface area contributed by atoms with Gasteiger partial charge >= 0.3 is 11.7 Å². The molecule has 0 aliphatic carbocycles. The molecule has 3 aromatic rings. The topological polar surface area (TPSA) is 102 Å². The number of hydrogen-bond donors (Lipinski definition) is 1. The average molecular weight is 409 g/mol. The third-order valence-electron chi connectivity index (χ3n) is 5.22. The molecular formula is C22H23N3O5. The molecule has 0 radical (unpaired) electrons. The van der Waals surface area contributed by atoms with Gasteiger partial charge in [-0.15, -0.1) is 0 Å². The molecular weight excluding hydrogens is 386 g/mol. The van der Waals surface area contributed by atoms with E-state index in [1.165, 1.54) is 29.8 Å². The first kappa shape index (κ1) is 21.0. The van der Waals surface area contributed by atoms with Crippen molar-refractivity contribution in [3.63, 3.8) is 0 Å². The van der Waals surface area contributed by atoms with Gasteiger partial charge < -0.3 is 10.0 Å². The highest BCUT2D eigenvalue weighted by Crippen LogP contribution is 2.16. The number of carbonyl (C=O) groups is 2. The Balaban J connectivity index is 2.01. The van der Waals surface area contributed by atoms with Crippen molar-refractivity contribution in [3.05, 3.63) is 74.4 Å². The van der Waals surface area contributed by atoms with E-state index in [0.717, 1.165) is 23.3 Å². The molecule has 1 heterocycles. The summed E-state index contributed by atoms with van der Waals surface area (Å²) in [5, 5.41) is 9.26. The summed E-state index contributed by atoms with van der Waals surface area (Å²) < 4.78 is 2.08. The first-order chi connectivity index (χ1) is 14.3. The van der Waals surface area contributed by atoms with Gasteiger partial charge in [0.15, 0.2) is 5.78 Å².